The van der Waals surface area contributed by atoms with E-state index in [2.05, 4.69) is 4.90 Å². The number of nitrogens with zero attached hydrogens (tertiary/aromatic N) is 3. The highest BCUT2D eigenvalue weighted by Gasteiger charge is 2.36. The lowest BCUT2D eigenvalue weighted by Crippen LogP contribution is -2.48. The summed E-state index contributed by atoms with van der Waals surface area (Å²) in [5.41, 5.74) is 1.41. The van der Waals surface area contributed by atoms with E-state index in [-0.39, 0.29) is 16.9 Å². The molecule has 0 radical (unpaired) electrons. The van der Waals surface area contributed by atoms with Crippen LogP contribution >= 0.6 is 11.8 Å². The lowest BCUT2D eigenvalue weighted by molar-refractivity contribution is -0.0251. The van der Waals surface area contributed by atoms with Gasteiger partial charge in [-0.15, -0.1) is 11.8 Å². The van der Waals surface area contributed by atoms with Gasteiger partial charge >= 0.3 is 11.9 Å². The number of esters is 1. The summed E-state index contributed by atoms with van der Waals surface area (Å²) in [7, 11) is 0. The molecule has 174 valence electrons. The monoisotopic (exact) mass is 481 g/mol. The van der Waals surface area contributed by atoms with Crippen molar-refractivity contribution in [2.45, 2.75) is 17.8 Å². The van der Waals surface area contributed by atoms with Crippen molar-refractivity contribution in [1.82, 2.24) is 9.47 Å². The van der Waals surface area contributed by atoms with Crippen LogP contribution in [0.4, 0.5) is 10.1 Å². The molecular weight excluding hydrogens is 461 g/mol. The largest absolute Gasteiger partial charge is 0.477 e. The molecule has 8 nitrogen and oxygen atoms in total. The molecule has 1 fully saturated rings. The van der Waals surface area contributed by atoms with Gasteiger partial charge in [0.05, 0.1) is 21.8 Å². The molecule has 34 heavy (non-hydrogen) atoms. The van der Waals surface area contributed by atoms with E-state index >= 15 is 4.39 Å². The summed E-state index contributed by atoms with van der Waals surface area (Å²) in [6.45, 7) is 2.71. The molecule has 1 aromatic heterocycles. The van der Waals surface area contributed by atoms with E-state index in [0.717, 1.165) is 11.6 Å². The summed E-state index contributed by atoms with van der Waals surface area (Å²) in [5, 5.41) is 10.1. The van der Waals surface area contributed by atoms with Crippen LogP contribution in [-0.4, -0.2) is 58.4 Å². The molecule has 1 N–H and O–H groups in total. The fourth-order valence-corrected chi connectivity index (χ4v) is 6.20. The Hall–Kier alpha value is -3.37. The van der Waals surface area contributed by atoms with Gasteiger partial charge in [-0.05, 0) is 18.2 Å². The van der Waals surface area contributed by atoms with Crippen LogP contribution in [0.25, 0.3) is 10.9 Å². The number of ether oxygens (including phenoxy) is 1. The summed E-state index contributed by atoms with van der Waals surface area (Å²) in [6.07, 6.45) is -0.444. The van der Waals surface area contributed by atoms with Gasteiger partial charge < -0.3 is 19.3 Å². The number of rotatable bonds is 3. The molecule has 3 aliphatic rings. The van der Waals surface area contributed by atoms with Crippen LogP contribution in [0.2, 0.25) is 0 Å². The Bertz CT molecular complexity index is 1430. The number of aryl methyl sites for hydroxylation is 1. The number of halogens is 1. The van der Waals surface area contributed by atoms with Gasteiger partial charge in [0.15, 0.2) is 6.23 Å². The number of benzene rings is 2. The fourth-order valence-electron chi connectivity index (χ4n) is 5.06. The Morgan fingerprint density at radius 2 is 1.85 bits per heavy atom. The molecule has 3 aliphatic heterocycles. The van der Waals surface area contributed by atoms with Crippen molar-refractivity contribution in [3.8, 4) is 0 Å². The number of aromatic nitrogens is 1. The lowest BCUT2D eigenvalue weighted by atomic mass is 10.1. The first-order chi connectivity index (χ1) is 16.4. The first-order valence-corrected chi connectivity index (χ1v) is 12.0. The molecule has 0 spiro atoms. The number of hydrogen-bond donors (Lipinski definition) is 1. The number of aromatic carboxylic acids is 1. The first-order valence-electron chi connectivity index (χ1n) is 11.0. The van der Waals surface area contributed by atoms with Crippen molar-refractivity contribution >= 4 is 40.3 Å². The summed E-state index contributed by atoms with van der Waals surface area (Å²) in [5.74, 6) is -1.52. The van der Waals surface area contributed by atoms with E-state index in [1.165, 1.54) is 11.8 Å². The summed E-state index contributed by atoms with van der Waals surface area (Å²) >= 11 is 1.33. The average Bonchev–Trinajstić information content (AvgIpc) is 3.44. The summed E-state index contributed by atoms with van der Waals surface area (Å²) in [4.78, 5) is 40.7. The number of piperazine rings is 1. The van der Waals surface area contributed by atoms with Crippen LogP contribution in [0.1, 0.15) is 32.5 Å². The molecule has 1 unspecified atom stereocenters. The zero-order valence-corrected chi connectivity index (χ0v) is 18.8. The van der Waals surface area contributed by atoms with Crippen molar-refractivity contribution in [2.75, 3.05) is 36.8 Å². The first kappa shape index (κ1) is 21.2. The third-order valence-corrected chi connectivity index (χ3v) is 7.79. The number of carboxylic acid groups (broad SMARTS) is 1. The molecule has 6 rings (SSSR count). The van der Waals surface area contributed by atoms with Crippen molar-refractivity contribution in [3.63, 3.8) is 0 Å². The van der Waals surface area contributed by atoms with Crippen LogP contribution in [0, 0.1) is 5.82 Å². The normalized spacial score (nSPS) is 19.9. The SMILES string of the molecule is O=C1OC(N2CCN(c3cc4c(cc3F)c(=O)c(C(=O)O)c3n4CCS3)CC2)c2ccccc21. The molecule has 1 atom stereocenters. The molecule has 0 bridgehead atoms. The van der Waals surface area contributed by atoms with Gasteiger partial charge in [-0.25, -0.2) is 14.0 Å². The number of hydrogen-bond acceptors (Lipinski definition) is 7. The maximum atomic E-state index is 15.2. The number of fused-ring (bicyclic) bond motifs is 4. The third kappa shape index (κ3) is 3.13. The van der Waals surface area contributed by atoms with E-state index < -0.39 is 23.4 Å². The van der Waals surface area contributed by atoms with Gasteiger partial charge in [-0.3, -0.25) is 9.69 Å². The van der Waals surface area contributed by atoms with Crippen molar-refractivity contribution in [3.05, 3.63) is 69.1 Å². The minimum Gasteiger partial charge on any atom is -0.477 e. The topological polar surface area (TPSA) is 92.1 Å². The minimum absolute atomic E-state index is 0.0815. The molecule has 0 aliphatic carbocycles. The predicted molar refractivity (Wildman–Crippen MR) is 124 cm³/mol. The van der Waals surface area contributed by atoms with Gasteiger partial charge in [0.2, 0.25) is 5.43 Å². The van der Waals surface area contributed by atoms with Crippen molar-refractivity contribution in [1.29, 1.82) is 0 Å². The zero-order chi connectivity index (χ0) is 23.6. The lowest BCUT2D eigenvalue weighted by Gasteiger charge is -2.38. The molecule has 2 aromatic carbocycles. The Labute approximate surface area is 197 Å². The predicted octanol–water partition coefficient (Wildman–Crippen LogP) is 2.94. The maximum Gasteiger partial charge on any atom is 0.342 e. The average molecular weight is 482 g/mol. The molecular formula is C24H20FN3O5S. The quantitative estimate of drug-likeness (QED) is 0.571. The van der Waals surface area contributed by atoms with E-state index in [1.807, 2.05) is 23.1 Å². The Morgan fingerprint density at radius 1 is 1.09 bits per heavy atom. The Kier molecular flexibility index (Phi) is 4.89. The van der Waals surface area contributed by atoms with Gasteiger partial charge in [0.25, 0.3) is 0 Å². The van der Waals surface area contributed by atoms with E-state index in [1.54, 1.807) is 16.7 Å². The molecule has 4 heterocycles. The minimum atomic E-state index is -1.29. The summed E-state index contributed by atoms with van der Waals surface area (Å²) in [6, 6.07) is 10.2. The highest BCUT2D eigenvalue weighted by Crippen LogP contribution is 2.36. The molecule has 0 amide bonds. The van der Waals surface area contributed by atoms with Crippen molar-refractivity contribution in [2.24, 2.45) is 0 Å². The highest BCUT2D eigenvalue weighted by atomic mass is 32.2. The number of anilines is 1. The van der Waals surface area contributed by atoms with Crippen LogP contribution in [0.15, 0.2) is 46.2 Å². The molecule has 10 heteroatoms. The van der Waals surface area contributed by atoms with Crippen LogP contribution in [0.5, 0.6) is 0 Å². The number of cyclic esters (lactones) is 1. The Balaban J connectivity index is 1.31. The number of thioether (sulfide) groups is 1. The second-order valence-corrected chi connectivity index (χ2v) is 9.59. The van der Waals surface area contributed by atoms with E-state index in [4.69, 9.17) is 4.74 Å². The number of pyridine rings is 1. The molecule has 1 saturated heterocycles. The second-order valence-electron chi connectivity index (χ2n) is 8.50. The smallest absolute Gasteiger partial charge is 0.342 e. The van der Waals surface area contributed by atoms with Gasteiger partial charge in [-0.2, -0.15) is 0 Å². The highest BCUT2D eigenvalue weighted by molar-refractivity contribution is 7.99. The molecule has 0 saturated carbocycles. The van der Waals surface area contributed by atoms with Gasteiger partial charge in [-0.1, -0.05) is 18.2 Å². The van der Waals surface area contributed by atoms with E-state index in [0.29, 0.717) is 60.3 Å². The second kappa shape index (κ2) is 7.85. The van der Waals surface area contributed by atoms with Crippen LogP contribution < -0.4 is 10.3 Å². The Morgan fingerprint density at radius 3 is 2.62 bits per heavy atom. The fraction of sp³-hybridized carbons (Fsp3) is 0.292. The van der Waals surface area contributed by atoms with E-state index in [9.17, 15) is 19.5 Å². The third-order valence-electron chi connectivity index (χ3n) is 6.71. The number of carboxylic acids is 1. The summed E-state index contributed by atoms with van der Waals surface area (Å²) < 4.78 is 22.6. The number of carbonyl (C=O) groups excluding carboxylic acids is 1. The van der Waals surface area contributed by atoms with Crippen molar-refractivity contribution < 1.29 is 23.8 Å². The zero-order valence-electron chi connectivity index (χ0n) is 18.0. The van der Waals surface area contributed by atoms with Gasteiger partial charge in [0, 0.05) is 49.4 Å². The maximum absolute atomic E-state index is 15.2. The standard InChI is InChI=1S/C24H20FN3O5S/c25-16-11-15-17(28-9-10-34-22(28)19(20(15)29)23(30)31)12-18(16)26-5-7-27(8-6-26)21-13-3-1-2-4-14(13)24(32)33-21/h1-4,11-12,21H,5-10H2,(H,30,31). The van der Waals surface area contributed by atoms with Crippen LogP contribution in [0.3, 0.4) is 0 Å². The van der Waals surface area contributed by atoms with Gasteiger partial charge in [0.1, 0.15) is 11.4 Å². The number of carbonyl (C=O) groups is 2. The molecule has 3 aromatic rings. The van der Waals surface area contributed by atoms with Crippen LogP contribution in [-0.2, 0) is 11.3 Å².